The van der Waals surface area contributed by atoms with Crippen molar-refractivity contribution in [1.29, 1.82) is 0 Å². The van der Waals surface area contributed by atoms with Crippen LogP contribution in [0.2, 0.25) is 5.02 Å². The quantitative estimate of drug-likeness (QED) is 0.521. The molecule has 0 aromatic heterocycles. The van der Waals surface area contributed by atoms with Gasteiger partial charge >= 0.3 is 0 Å². The molecule has 1 saturated heterocycles. The van der Waals surface area contributed by atoms with E-state index in [1.807, 2.05) is 18.2 Å². The number of nitrogens with one attached hydrogen (secondary N) is 2. The monoisotopic (exact) mass is 352 g/mol. The van der Waals surface area contributed by atoms with E-state index in [9.17, 15) is 15.0 Å². The van der Waals surface area contributed by atoms with E-state index in [1.165, 1.54) is 0 Å². The lowest BCUT2D eigenvalue weighted by atomic mass is 10.1. The Morgan fingerprint density at radius 3 is 2.79 bits per heavy atom. The van der Waals surface area contributed by atoms with Crippen molar-refractivity contribution >= 4 is 17.5 Å². The normalized spacial score (nSPS) is 26.1. The van der Waals surface area contributed by atoms with Gasteiger partial charge in [0, 0.05) is 18.1 Å². The topological polar surface area (TPSA) is 90.8 Å². The number of carbonyl (C=O) groups excluding carboxylic acids is 1. The van der Waals surface area contributed by atoms with E-state index in [-0.39, 0.29) is 18.9 Å². The number of carbonyl (C=O) groups is 1. The van der Waals surface area contributed by atoms with Crippen LogP contribution in [0.3, 0.4) is 0 Å². The van der Waals surface area contributed by atoms with E-state index in [2.05, 4.69) is 16.6 Å². The number of benzene rings is 1. The van der Waals surface area contributed by atoms with Crippen molar-refractivity contribution in [1.82, 2.24) is 10.6 Å². The fourth-order valence-electron chi connectivity index (χ4n) is 2.57. The van der Waals surface area contributed by atoms with Crippen molar-refractivity contribution in [3.63, 3.8) is 0 Å². The molecule has 0 saturated carbocycles. The number of hydrogen-bond donors (Lipinski definition) is 4. The van der Waals surface area contributed by atoms with Crippen molar-refractivity contribution in [2.75, 3.05) is 13.1 Å². The minimum absolute atomic E-state index is 0.0509. The second-order valence-electron chi connectivity index (χ2n) is 5.64. The molecule has 7 heteroatoms. The summed E-state index contributed by atoms with van der Waals surface area (Å²) < 4.78 is 5.60. The number of hydrogen-bond acceptors (Lipinski definition) is 5. The van der Waals surface area contributed by atoms with E-state index in [1.54, 1.807) is 6.07 Å². The summed E-state index contributed by atoms with van der Waals surface area (Å²) in [5, 5.41) is 26.4. The number of terminal acetylenes is 1. The number of halogens is 1. The predicted molar refractivity (Wildman–Crippen MR) is 90.3 cm³/mol. The molecule has 1 fully saturated rings. The molecule has 1 aliphatic heterocycles. The van der Waals surface area contributed by atoms with Gasteiger partial charge in [0.15, 0.2) is 0 Å². The van der Waals surface area contributed by atoms with E-state index in [0.29, 0.717) is 18.1 Å². The summed E-state index contributed by atoms with van der Waals surface area (Å²) in [6.45, 7) is 1.01. The summed E-state index contributed by atoms with van der Waals surface area (Å²) in [5.74, 6) is 1.97. The first-order valence-corrected chi connectivity index (χ1v) is 8.06. The van der Waals surface area contributed by atoms with Crippen LogP contribution in [0.4, 0.5) is 0 Å². The lowest BCUT2D eigenvalue weighted by Crippen LogP contribution is -2.38. The molecule has 0 bridgehead atoms. The standard InChI is InChI=1S/C17H21ClN2O4/c1-2-6-20-15(21)8-13-16(22)17(23)14(24-13)10-19-9-11-4-3-5-12(18)7-11/h1,3-5,7,13-14,16-17,19,22-23H,6,8-10H2,(H,20,21)/t13-,14+,16-,17+/m0/s1. The summed E-state index contributed by atoms with van der Waals surface area (Å²) in [7, 11) is 0. The minimum atomic E-state index is -1.11. The Morgan fingerprint density at radius 1 is 1.33 bits per heavy atom. The molecule has 6 nitrogen and oxygen atoms in total. The molecule has 1 aromatic rings. The van der Waals surface area contributed by atoms with Crippen LogP contribution >= 0.6 is 11.6 Å². The molecule has 24 heavy (non-hydrogen) atoms. The molecule has 130 valence electrons. The zero-order valence-electron chi connectivity index (χ0n) is 13.1. The van der Waals surface area contributed by atoms with Gasteiger partial charge in [-0.2, -0.15) is 0 Å². The van der Waals surface area contributed by atoms with E-state index >= 15 is 0 Å². The Kier molecular flexibility index (Phi) is 7.03. The maximum Gasteiger partial charge on any atom is 0.223 e. The molecular formula is C17H21ClN2O4. The summed E-state index contributed by atoms with van der Waals surface area (Å²) in [5.41, 5.74) is 1.00. The number of rotatable bonds is 7. The smallest absolute Gasteiger partial charge is 0.223 e. The van der Waals surface area contributed by atoms with Crippen molar-refractivity contribution < 1.29 is 19.7 Å². The molecule has 4 N–H and O–H groups in total. The molecule has 1 heterocycles. The van der Waals surface area contributed by atoms with Crippen LogP contribution < -0.4 is 10.6 Å². The van der Waals surface area contributed by atoms with Gasteiger partial charge in [-0.1, -0.05) is 29.7 Å². The van der Waals surface area contributed by atoms with Crippen LogP contribution in [0, 0.1) is 12.3 Å². The van der Waals surface area contributed by atoms with Gasteiger partial charge in [-0.15, -0.1) is 6.42 Å². The number of aliphatic hydroxyl groups excluding tert-OH is 2. The summed E-state index contributed by atoms with van der Waals surface area (Å²) in [6.07, 6.45) is 1.50. The van der Waals surface area contributed by atoms with Crippen LogP contribution in [-0.2, 0) is 16.1 Å². The average molecular weight is 353 g/mol. The zero-order valence-corrected chi connectivity index (χ0v) is 13.9. The number of amides is 1. The van der Waals surface area contributed by atoms with Gasteiger partial charge in [0.25, 0.3) is 0 Å². The SMILES string of the molecule is C#CCNC(=O)C[C@@H]1O[C@H](CNCc2cccc(Cl)c2)[C@@H](O)[C@H]1O. The van der Waals surface area contributed by atoms with Gasteiger partial charge in [-0.3, -0.25) is 4.79 Å². The number of aliphatic hydroxyl groups is 2. The molecule has 1 aromatic carbocycles. The van der Waals surface area contributed by atoms with Crippen molar-refractivity contribution in [2.24, 2.45) is 0 Å². The third-order valence-corrected chi connectivity index (χ3v) is 4.03. The largest absolute Gasteiger partial charge is 0.388 e. The summed E-state index contributed by atoms with van der Waals surface area (Å²) in [4.78, 5) is 11.6. The lowest BCUT2D eigenvalue weighted by molar-refractivity contribution is -0.124. The van der Waals surface area contributed by atoms with Gasteiger partial charge in [0.2, 0.25) is 5.91 Å². The fourth-order valence-corrected chi connectivity index (χ4v) is 2.79. The van der Waals surface area contributed by atoms with Gasteiger partial charge in [-0.05, 0) is 17.7 Å². The minimum Gasteiger partial charge on any atom is -0.388 e. The Morgan fingerprint density at radius 2 is 2.08 bits per heavy atom. The zero-order chi connectivity index (χ0) is 17.5. The predicted octanol–water partition coefficient (Wildman–Crippen LogP) is 0.0583. The van der Waals surface area contributed by atoms with Crippen molar-refractivity contribution in [3.8, 4) is 12.3 Å². The highest BCUT2D eigenvalue weighted by Gasteiger charge is 2.42. The average Bonchev–Trinajstić information content (AvgIpc) is 2.81. The van der Waals surface area contributed by atoms with Crippen LogP contribution in [0.5, 0.6) is 0 Å². The van der Waals surface area contributed by atoms with E-state index in [4.69, 9.17) is 22.8 Å². The van der Waals surface area contributed by atoms with Crippen molar-refractivity contribution in [2.45, 2.75) is 37.4 Å². The first-order valence-electron chi connectivity index (χ1n) is 7.68. The second kappa shape index (κ2) is 9.02. The van der Waals surface area contributed by atoms with Crippen LogP contribution in [0.1, 0.15) is 12.0 Å². The third kappa shape index (κ3) is 5.20. The molecule has 1 aliphatic rings. The lowest BCUT2D eigenvalue weighted by Gasteiger charge is -2.15. The Balaban J connectivity index is 1.79. The van der Waals surface area contributed by atoms with Crippen LogP contribution in [0.25, 0.3) is 0 Å². The van der Waals surface area contributed by atoms with Gasteiger partial charge < -0.3 is 25.6 Å². The Hall–Kier alpha value is -1.62. The highest BCUT2D eigenvalue weighted by Crippen LogP contribution is 2.23. The second-order valence-corrected chi connectivity index (χ2v) is 6.08. The maximum atomic E-state index is 11.6. The molecule has 2 rings (SSSR count). The van der Waals surface area contributed by atoms with Gasteiger partial charge in [-0.25, -0.2) is 0 Å². The van der Waals surface area contributed by atoms with Crippen molar-refractivity contribution in [3.05, 3.63) is 34.9 Å². The molecule has 4 atom stereocenters. The van der Waals surface area contributed by atoms with E-state index in [0.717, 1.165) is 5.56 Å². The highest BCUT2D eigenvalue weighted by atomic mass is 35.5. The first-order chi connectivity index (χ1) is 11.5. The van der Waals surface area contributed by atoms with Gasteiger partial charge in [0.05, 0.1) is 25.2 Å². The summed E-state index contributed by atoms with van der Waals surface area (Å²) in [6, 6.07) is 7.42. The van der Waals surface area contributed by atoms with Crippen LogP contribution in [0.15, 0.2) is 24.3 Å². The highest BCUT2D eigenvalue weighted by molar-refractivity contribution is 6.30. The molecule has 1 amide bonds. The first kappa shape index (κ1) is 18.7. The molecule has 0 spiro atoms. The number of ether oxygens (including phenoxy) is 1. The Bertz CT molecular complexity index is 604. The van der Waals surface area contributed by atoms with Crippen LogP contribution in [-0.4, -0.2) is 53.6 Å². The summed E-state index contributed by atoms with van der Waals surface area (Å²) >= 11 is 5.92. The maximum absolute atomic E-state index is 11.6. The van der Waals surface area contributed by atoms with Gasteiger partial charge in [0.1, 0.15) is 12.2 Å². The fraction of sp³-hybridized carbons (Fsp3) is 0.471. The molecular weight excluding hydrogens is 332 g/mol. The van der Waals surface area contributed by atoms with E-state index < -0.39 is 24.4 Å². The molecule has 0 radical (unpaired) electrons. The Labute approximate surface area is 146 Å². The molecule has 0 aliphatic carbocycles. The molecule has 0 unspecified atom stereocenters. The third-order valence-electron chi connectivity index (χ3n) is 3.80.